The number of carboxylic acid groups (broad SMARTS) is 1. The minimum atomic E-state index is -1.11. The van der Waals surface area contributed by atoms with Crippen LogP contribution in [0.1, 0.15) is 20.7 Å². The summed E-state index contributed by atoms with van der Waals surface area (Å²) in [5.74, 6) is -1.28. The van der Waals surface area contributed by atoms with E-state index < -0.39 is 11.9 Å². The van der Waals surface area contributed by atoms with Gasteiger partial charge in [0.15, 0.2) is 0 Å². The van der Waals surface area contributed by atoms with Gasteiger partial charge in [0, 0.05) is 12.3 Å². The number of aromatic carboxylic acids is 1. The number of aromatic nitrogens is 1. The topological polar surface area (TPSA) is 108 Å². The number of ether oxygens (including phenoxy) is 1. The Balaban J connectivity index is 2.31. The molecule has 7 nitrogen and oxygen atoms in total. The lowest BCUT2D eigenvalue weighted by molar-refractivity contribution is 0.0696. The molecule has 1 heterocycles. The molecule has 0 aliphatic rings. The van der Waals surface area contributed by atoms with Gasteiger partial charge in [-0.3, -0.25) is 9.59 Å². The maximum Gasteiger partial charge on any atom is 0.335 e. The summed E-state index contributed by atoms with van der Waals surface area (Å²) in [6, 6.07) is 6.70. The van der Waals surface area contributed by atoms with Crippen LogP contribution in [0.25, 0.3) is 0 Å². The summed E-state index contributed by atoms with van der Waals surface area (Å²) in [7, 11) is 1.41. The van der Waals surface area contributed by atoms with Crippen LogP contribution in [0.15, 0.2) is 41.3 Å². The number of carbonyl (C=O) groups excluding carboxylic acids is 1. The molecule has 3 N–H and O–H groups in total. The van der Waals surface area contributed by atoms with Gasteiger partial charge in [0.1, 0.15) is 5.75 Å². The molecule has 0 atom stereocenters. The van der Waals surface area contributed by atoms with Gasteiger partial charge in [0.25, 0.3) is 5.91 Å². The van der Waals surface area contributed by atoms with Crippen LogP contribution in [-0.4, -0.2) is 29.1 Å². The van der Waals surface area contributed by atoms with E-state index in [1.165, 1.54) is 43.6 Å². The zero-order chi connectivity index (χ0) is 15.4. The number of pyridine rings is 1. The number of anilines is 1. The molecule has 0 bridgehead atoms. The summed E-state index contributed by atoms with van der Waals surface area (Å²) < 4.78 is 5.07. The number of aromatic amines is 1. The maximum atomic E-state index is 12.0. The van der Waals surface area contributed by atoms with Crippen molar-refractivity contribution < 1.29 is 19.4 Å². The molecular formula is C14H12N2O5. The Morgan fingerprint density at radius 1 is 1.19 bits per heavy atom. The molecule has 0 aliphatic carbocycles. The summed E-state index contributed by atoms with van der Waals surface area (Å²) in [4.78, 5) is 36.3. The van der Waals surface area contributed by atoms with E-state index in [9.17, 15) is 14.4 Å². The Labute approximate surface area is 119 Å². The zero-order valence-electron chi connectivity index (χ0n) is 11.0. The van der Waals surface area contributed by atoms with Crippen LogP contribution in [-0.2, 0) is 0 Å². The van der Waals surface area contributed by atoms with E-state index in [1.807, 2.05) is 0 Å². The van der Waals surface area contributed by atoms with E-state index in [-0.39, 0.29) is 22.4 Å². The molecule has 0 aliphatic heterocycles. The Bertz CT molecular complexity index is 731. The zero-order valence-corrected chi connectivity index (χ0v) is 11.0. The molecule has 1 aromatic heterocycles. The van der Waals surface area contributed by atoms with E-state index in [4.69, 9.17) is 9.84 Å². The van der Waals surface area contributed by atoms with Gasteiger partial charge < -0.3 is 20.1 Å². The van der Waals surface area contributed by atoms with Crippen molar-refractivity contribution in [1.82, 2.24) is 4.98 Å². The summed E-state index contributed by atoms with van der Waals surface area (Å²) in [6.07, 6.45) is 1.27. The van der Waals surface area contributed by atoms with E-state index in [0.717, 1.165) is 0 Å². The van der Waals surface area contributed by atoms with Crippen LogP contribution in [0.4, 0.5) is 5.69 Å². The highest BCUT2D eigenvalue weighted by Crippen LogP contribution is 2.26. The van der Waals surface area contributed by atoms with Gasteiger partial charge >= 0.3 is 5.97 Å². The van der Waals surface area contributed by atoms with Crippen molar-refractivity contribution in [3.63, 3.8) is 0 Å². The first-order valence-electron chi connectivity index (χ1n) is 5.92. The second-order valence-corrected chi connectivity index (χ2v) is 4.12. The van der Waals surface area contributed by atoms with E-state index in [1.54, 1.807) is 0 Å². The Kier molecular flexibility index (Phi) is 4.03. The second-order valence-electron chi connectivity index (χ2n) is 4.12. The lowest BCUT2D eigenvalue weighted by Gasteiger charge is -2.11. The minimum absolute atomic E-state index is 0.0209. The molecule has 1 amide bonds. The number of carbonyl (C=O) groups is 2. The lowest BCUT2D eigenvalue weighted by atomic mass is 10.1. The number of hydrogen-bond donors (Lipinski definition) is 3. The number of H-pyrrole nitrogens is 1. The van der Waals surface area contributed by atoms with Crippen LogP contribution in [0, 0.1) is 0 Å². The fraction of sp³-hybridized carbons (Fsp3) is 0.0714. The van der Waals surface area contributed by atoms with Crippen molar-refractivity contribution in [2.45, 2.75) is 0 Å². The molecule has 0 saturated heterocycles. The molecule has 2 aromatic rings. The number of amides is 1. The molecular weight excluding hydrogens is 276 g/mol. The largest absolute Gasteiger partial charge is 0.495 e. The molecule has 0 fully saturated rings. The third-order valence-corrected chi connectivity index (χ3v) is 2.74. The van der Waals surface area contributed by atoms with Crippen molar-refractivity contribution in [3.8, 4) is 5.75 Å². The molecule has 1 aromatic carbocycles. The molecule has 0 unspecified atom stereocenters. The van der Waals surface area contributed by atoms with E-state index >= 15 is 0 Å². The molecule has 2 rings (SSSR count). The monoisotopic (exact) mass is 288 g/mol. The average molecular weight is 288 g/mol. The summed E-state index contributed by atoms with van der Waals surface area (Å²) >= 11 is 0. The molecule has 0 saturated carbocycles. The van der Waals surface area contributed by atoms with Crippen molar-refractivity contribution in [2.24, 2.45) is 0 Å². The van der Waals surface area contributed by atoms with Crippen molar-refractivity contribution >= 4 is 17.6 Å². The molecule has 108 valence electrons. The van der Waals surface area contributed by atoms with Gasteiger partial charge in [-0.15, -0.1) is 0 Å². The number of rotatable bonds is 4. The summed E-state index contributed by atoms with van der Waals surface area (Å²) in [5, 5.41) is 11.5. The molecule has 21 heavy (non-hydrogen) atoms. The quantitative estimate of drug-likeness (QED) is 0.786. The third-order valence-electron chi connectivity index (χ3n) is 2.74. The fourth-order valence-electron chi connectivity index (χ4n) is 1.68. The van der Waals surface area contributed by atoms with Gasteiger partial charge in [-0.05, 0) is 24.3 Å². The molecule has 7 heteroatoms. The van der Waals surface area contributed by atoms with Crippen LogP contribution >= 0.6 is 0 Å². The third kappa shape index (κ3) is 3.27. The first kappa shape index (κ1) is 14.3. The van der Waals surface area contributed by atoms with Gasteiger partial charge in [-0.2, -0.15) is 0 Å². The fourth-order valence-corrected chi connectivity index (χ4v) is 1.68. The molecule has 0 spiro atoms. The Hall–Kier alpha value is -3.09. The van der Waals surface area contributed by atoms with Gasteiger partial charge in [0.2, 0.25) is 5.56 Å². The number of hydrogen-bond acceptors (Lipinski definition) is 4. The minimum Gasteiger partial charge on any atom is -0.495 e. The van der Waals surface area contributed by atoms with Gasteiger partial charge in [-0.1, -0.05) is 0 Å². The van der Waals surface area contributed by atoms with Crippen LogP contribution in [0.2, 0.25) is 0 Å². The smallest absolute Gasteiger partial charge is 0.335 e. The number of nitrogens with one attached hydrogen (secondary N) is 2. The SMILES string of the molecule is COc1ccc(C(=O)O)cc1NC(=O)c1ccc(=O)[nH]c1. The average Bonchev–Trinajstić information content (AvgIpc) is 2.47. The highest BCUT2D eigenvalue weighted by molar-refractivity contribution is 6.05. The summed E-state index contributed by atoms with van der Waals surface area (Å²) in [6.45, 7) is 0. The lowest BCUT2D eigenvalue weighted by Crippen LogP contribution is -2.15. The maximum absolute atomic E-state index is 12.0. The van der Waals surface area contributed by atoms with Crippen molar-refractivity contribution in [1.29, 1.82) is 0 Å². The Morgan fingerprint density at radius 2 is 1.90 bits per heavy atom. The van der Waals surface area contributed by atoms with Crippen molar-refractivity contribution in [2.75, 3.05) is 12.4 Å². The highest BCUT2D eigenvalue weighted by atomic mass is 16.5. The van der Waals surface area contributed by atoms with Gasteiger partial charge in [0.05, 0.1) is 23.9 Å². The first-order valence-corrected chi connectivity index (χ1v) is 5.92. The predicted octanol–water partition coefficient (Wildman–Crippen LogP) is 1.33. The number of methoxy groups -OCH3 is 1. The predicted molar refractivity (Wildman–Crippen MR) is 75.0 cm³/mol. The van der Waals surface area contributed by atoms with Crippen LogP contribution in [0.3, 0.4) is 0 Å². The van der Waals surface area contributed by atoms with Crippen molar-refractivity contribution in [3.05, 3.63) is 58.0 Å². The van der Waals surface area contributed by atoms with E-state index in [2.05, 4.69) is 10.3 Å². The highest BCUT2D eigenvalue weighted by Gasteiger charge is 2.13. The molecule has 0 radical (unpaired) electrons. The van der Waals surface area contributed by atoms with Gasteiger partial charge in [-0.25, -0.2) is 4.79 Å². The van der Waals surface area contributed by atoms with Crippen LogP contribution < -0.4 is 15.6 Å². The second kappa shape index (κ2) is 5.91. The normalized spacial score (nSPS) is 9.95. The summed E-state index contributed by atoms with van der Waals surface area (Å²) in [5.41, 5.74) is 0.163. The standard InChI is InChI=1S/C14H12N2O5/c1-21-11-4-2-8(14(19)20)6-10(11)16-13(18)9-3-5-12(17)15-7-9/h2-7H,1H3,(H,15,17)(H,16,18)(H,19,20). The van der Waals surface area contributed by atoms with Crippen LogP contribution in [0.5, 0.6) is 5.75 Å². The van der Waals surface area contributed by atoms with E-state index in [0.29, 0.717) is 5.75 Å². The number of carboxylic acids is 1. The first-order chi connectivity index (χ1) is 10.0. The number of benzene rings is 1. The Morgan fingerprint density at radius 3 is 2.48 bits per heavy atom.